The lowest BCUT2D eigenvalue weighted by Crippen LogP contribution is -2.35. The molecule has 7 aromatic rings. The van der Waals surface area contributed by atoms with Crippen molar-refractivity contribution in [2.24, 2.45) is 20.5 Å². The fourth-order valence-electron chi connectivity index (χ4n) is 5.98. The van der Waals surface area contributed by atoms with E-state index in [1.165, 1.54) is 72.8 Å². The van der Waals surface area contributed by atoms with E-state index in [4.69, 9.17) is 0 Å². The molecule has 302 valence electrons. The van der Waals surface area contributed by atoms with Crippen LogP contribution in [0, 0.1) is 0 Å². The first kappa shape index (κ1) is 40.3. The second-order valence-corrected chi connectivity index (χ2v) is 15.5. The highest BCUT2D eigenvalue weighted by molar-refractivity contribution is 7.86. The van der Waals surface area contributed by atoms with Gasteiger partial charge in [-0.1, -0.05) is 12.1 Å². The number of carboxylic acid groups (broad SMARTS) is 2. The summed E-state index contributed by atoms with van der Waals surface area (Å²) in [5, 5.41) is 61.3. The summed E-state index contributed by atoms with van der Waals surface area (Å²) in [6.45, 7) is 0. The van der Waals surface area contributed by atoms with Crippen molar-refractivity contribution in [3.05, 3.63) is 129 Å². The van der Waals surface area contributed by atoms with Gasteiger partial charge in [-0.25, -0.2) is 9.59 Å². The number of azo groups is 2. The molecule has 7 aromatic carbocycles. The molecule has 0 aliphatic carbocycles. The zero-order valence-corrected chi connectivity index (χ0v) is 31.4. The summed E-state index contributed by atoms with van der Waals surface area (Å²) in [4.78, 5) is 46.4. The predicted molar refractivity (Wildman–Crippen MR) is 214 cm³/mol. The molecular weight excluding hydrogens is 829 g/mol. The van der Waals surface area contributed by atoms with Gasteiger partial charge in [-0.3, -0.25) is 18.7 Å². The normalized spacial score (nSPS) is 12.2. The highest BCUT2D eigenvalue weighted by atomic mass is 32.2. The summed E-state index contributed by atoms with van der Waals surface area (Å²) in [5.41, 5.74) is -3.82. The van der Waals surface area contributed by atoms with Gasteiger partial charge in [0.05, 0.1) is 22.5 Å². The third-order valence-corrected chi connectivity index (χ3v) is 10.6. The summed E-state index contributed by atoms with van der Waals surface area (Å²) in [6.07, 6.45) is 0. The molecule has 0 aliphatic rings. The maximum atomic E-state index is 12.7. The number of rotatable bonds is 12. The molecule has 0 saturated heterocycles. The Hall–Kier alpha value is -7.92. The minimum atomic E-state index is -5.05. The first-order valence-electron chi connectivity index (χ1n) is 16.7. The number of carboxylic acids is 2. The number of hydrogen-bond acceptors (Lipinski definition) is 16. The van der Waals surface area contributed by atoms with Crippen LogP contribution in [-0.2, 0) is 20.2 Å². The average Bonchev–Trinajstić information content (AvgIpc) is 3.20. The Morgan fingerprint density at radius 1 is 0.517 bits per heavy atom. The number of aromatic carboxylic acids is 2. The predicted octanol–water partition coefficient (Wildman–Crippen LogP) is 7.21. The molecule has 0 aromatic heterocycles. The van der Waals surface area contributed by atoms with Crippen molar-refractivity contribution < 1.29 is 56.0 Å². The molecule has 0 amide bonds. The van der Waals surface area contributed by atoms with Gasteiger partial charge in [0.25, 0.3) is 31.1 Å². The van der Waals surface area contributed by atoms with Crippen LogP contribution in [0.3, 0.4) is 0 Å². The highest BCUT2D eigenvalue weighted by Crippen LogP contribution is 2.44. The van der Waals surface area contributed by atoms with Gasteiger partial charge in [-0.05, 0) is 95.7 Å². The number of nitrogens with zero attached hydrogens (tertiary/aromatic N) is 4. The topological polar surface area (TPSA) is 331 Å². The number of carbonyl (C=O) groups is 2. The van der Waals surface area contributed by atoms with E-state index >= 15 is 0 Å². The summed E-state index contributed by atoms with van der Waals surface area (Å²) >= 11 is 0. The lowest BCUT2D eigenvalue weighted by molar-refractivity contribution is 0.0686. The van der Waals surface area contributed by atoms with Crippen LogP contribution in [0.15, 0.2) is 137 Å². The SMILES string of the molecule is O=C(O)c1cccc(N=Nc2c(S(=O)(=O)O)cc3cc(Nc4c(Nc5ccc6c(O)c(N=Nc7cccc(C(=O)O)c7)c(S(=O)(=O)O)cc6c5)c(=O)c4=O)ccc3c2O)c1. The quantitative estimate of drug-likeness (QED) is 0.0342. The first-order chi connectivity index (χ1) is 28.3. The van der Waals surface area contributed by atoms with E-state index in [0.29, 0.717) is 0 Å². The summed E-state index contributed by atoms with van der Waals surface area (Å²) in [5.74, 6) is -3.96. The first-order valence-corrected chi connectivity index (χ1v) is 19.6. The maximum Gasteiger partial charge on any atom is 0.335 e. The molecule has 0 aliphatic heterocycles. The fraction of sp³-hybridized carbons (Fsp3) is 0. The number of phenolic OH excluding ortho intramolecular Hbond substituents is 2. The Morgan fingerprint density at radius 2 is 0.900 bits per heavy atom. The monoisotopic (exact) mass is 852 g/mol. The van der Waals surface area contributed by atoms with Crippen molar-refractivity contribution in [2.45, 2.75) is 9.79 Å². The van der Waals surface area contributed by atoms with Crippen molar-refractivity contribution in [1.82, 2.24) is 0 Å². The molecule has 0 saturated carbocycles. The average molecular weight is 853 g/mol. The summed E-state index contributed by atoms with van der Waals surface area (Å²) in [7, 11) is -10.1. The van der Waals surface area contributed by atoms with E-state index in [1.54, 1.807) is 0 Å². The third-order valence-electron chi connectivity index (χ3n) is 8.82. The van der Waals surface area contributed by atoms with Gasteiger partial charge >= 0.3 is 11.9 Å². The largest absolute Gasteiger partial charge is 0.505 e. The van der Waals surface area contributed by atoms with Crippen molar-refractivity contribution in [2.75, 3.05) is 10.6 Å². The van der Waals surface area contributed by atoms with Crippen LogP contribution >= 0.6 is 0 Å². The van der Waals surface area contributed by atoms with E-state index in [-0.39, 0.29) is 66.8 Å². The number of hydrogen-bond donors (Lipinski definition) is 8. The van der Waals surface area contributed by atoms with Gasteiger partial charge < -0.3 is 31.1 Å². The Kier molecular flexibility index (Phi) is 10.1. The van der Waals surface area contributed by atoms with E-state index in [2.05, 4.69) is 31.1 Å². The number of fused-ring (bicyclic) bond motifs is 2. The van der Waals surface area contributed by atoms with Gasteiger partial charge in [-0.2, -0.15) is 27.1 Å². The van der Waals surface area contributed by atoms with Crippen molar-refractivity contribution >= 4 is 99.2 Å². The standard InChI is InChI=1S/C38H24N6O14S2/c45-33-25-9-7-21(13-19(25)15-27(59(53,54)55)29(33)43-41-23-5-1-3-17(11-23)37(49)50)39-31-32(36(48)35(31)47)40-22-8-10-26-20(14-22)16-28(60(56,57)58)30(34(26)46)44-42-24-6-2-4-18(12-24)38(51)52/h1-16,39-40,45-46H,(H,49,50)(H,51,52)(H,53,54,55)(H,56,57,58). The van der Waals surface area contributed by atoms with Crippen LogP contribution in [0.5, 0.6) is 11.5 Å². The molecule has 7 rings (SSSR count). The van der Waals surface area contributed by atoms with Gasteiger partial charge in [0.2, 0.25) is 0 Å². The summed E-state index contributed by atoms with van der Waals surface area (Å²) < 4.78 is 69.5. The Balaban J connectivity index is 1.20. The van der Waals surface area contributed by atoms with Crippen LogP contribution in [0.1, 0.15) is 20.7 Å². The molecule has 22 heteroatoms. The van der Waals surface area contributed by atoms with Gasteiger partial charge in [0.15, 0.2) is 11.5 Å². The van der Waals surface area contributed by atoms with Gasteiger partial charge in [-0.15, -0.1) is 10.2 Å². The molecule has 0 unspecified atom stereocenters. The zero-order valence-electron chi connectivity index (χ0n) is 29.8. The van der Waals surface area contributed by atoms with E-state index < -0.39 is 75.7 Å². The molecule has 8 N–H and O–H groups in total. The summed E-state index contributed by atoms with van der Waals surface area (Å²) in [6, 6.07) is 20.2. The molecule has 0 bridgehead atoms. The van der Waals surface area contributed by atoms with Crippen LogP contribution in [-0.4, -0.2) is 58.3 Å². The van der Waals surface area contributed by atoms with Crippen LogP contribution in [0.2, 0.25) is 0 Å². The smallest absolute Gasteiger partial charge is 0.335 e. The second kappa shape index (κ2) is 15.1. The maximum absolute atomic E-state index is 12.7. The molecule has 0 heterocycles. The molecule has 20 nitrogen and oxygen atoms in total. The molecule has 0 radical (unpaired) electrons. The number of anilines is 4. The highest BCUT2D eigenvalue weighted by Gasteiger charge is 2.26. The molecular formula is C38H24N6O14S2. The number of aromatic hydroxyl groups is 2. The van der Waals surface area contributed by atoms with Crippen LogP contribution in [0.25, 0.3) is 21.5 Å². The van der Waals surface area contributed by atoms with E-state index in [1.807, 2.05) is 0 Å². The number of benzene rings is 6. The second-order valence-electron chi connectivity index (χ2n) is 12.7. The van der Waals surface area contributed by atoms with Crippen molar-refractivity contribution in [1.29, 1.82) is 0 Å². The van der Waals surface area contributed by atoms with Crippen molar-refractivity contribution in [3.8, 4) is 11.5 Å². The Bertz CT molecular complexity index is 3140. The van der Waals surface area contributed by atoms with Crippen LogP contribution < -0.4 is 21.5 Å². The Morgan fingerprint density at radius 3 is 1.25 bits per heavy atom. The van der Waals surface area contributed by atoms with Gasteiger partial charge in [0.1, 0.15) is 32.5 Å². The molecule has 0 atom stereocenters. The zero-order chi connectivity index (χ0) is 43.3. The van der Waals surface area contributed by atoms with E-state index in [0.717, 1.165) is 24.3 Å². The lowest BCUT2D eigenvalue weighted by atomic mass is 10.1. The lowest BCUT2D eigenvalue weighted by Gasteiger charge is -2.16. The molecule has 0 fully saturated rings. The third kappa shape index (κ3) is 7.84. The number of phenols is 2. The van der Waals surface area contributed by atoms with E-state index in [9.17, 15) is 65.5 Å². The molecule has 60 heavy (non-hydrogen) atoms. The van der Waals surface area contributed by atoms with Crippen LogP contribution in [0.4, 0.5) is 45.5 Å². The minimum absolute atomic E-state index is 0.00606. The minimum Gasteiger partial charge on any atom is -0.505 e. The Labute approximate surface area is 335 Å². The molecule has 0 spiro atoms. The van der Waals surface area contributed by atoms with Gasteiger partial charge in [0, 0.05) is 22.1 Å². The van der Waals surface area contributed by atoms with Crippen molar-refractivity contribution in [3.63, 3.8) is 0 Å². The number of nitrogens with one attached hydrogen (secondary N) is 2. The fourth-order valence-corrected chi connectivity index (χ4v) is 7.30.